The first-order valence-corrected chi connectivity index (χ1v) is 7.45. The van der Waals surface area contributed by atoms with E-state index < -0.39 is 18.1 Å². The molecule has 7 heteroatoms. The largest absolute Gasteiger partial charge is 0.478 e. The zero-order chi connectivity index (χ0) is 17.0. The van der Waals surface area contributed by atoms with Crippen molar-refractivity contribution in [2.75, 3.05) is 5.32 Å². The minimum atomic E-state index is -4.15. The molecule has 2 rings (SSSR count). The van der Waals surface area contributed by atoms with Gasteiger partial charge in [-0.3, -0.25) is 4.79 Å². The first-order valence-electron chi connectivity index (χ1n) is 7.45. The number of alkyl halides is 3. The Morgan fingerprint density at radius 1 is 1.17 bits per heavy atom. The number of rotatable bonds is 4. The molecule has 1 fully saturated rings. The number of hydrogen-bond donors (Lipinski definition) is 2. The summed E-state index contributed by atoms with van der Waals surface area (Å²) in [6, 6.07) is 5.86. The van der Waals surface area contributed by atoms with Crippen molar-refractivity contribution < 1.29 is 27.9 Å². The molecule has 0 saturated heterocycles. The fourth-order valence-corrected chi connectivity index (χ4v) is 2.90. The van der Waals surface area contributed by atoms with Crippen molar-refractivity contribution in [3.8, 4) is 0 Å². The third-order valence-corrected chi connectivity index (χ3v) is 4.18. The monoisotopic (exact) mass is 329 g/mol. The zero-order valence-corrected chi connectivity index (χ0v) is 12.4. The van der Waals surface area contributed by atoms with Crippen LogP contribution in [0.25, 0.3) is 0 Å². The lowest BCUT2D eigenvalue weighted by Crippen LogP contribution is -2.29. The molecule has 1 amide bonds. The summed E-state index contributed by atoms with van der Waals surface area (Å²) in [6.45, 7) is 0. The predicted molar refractivity (Wildman–Crippen MR) is 78.2 cm³/mol. The molecule has 0 atom stereocenters. The summed E-state index contributed by atoms with van der Waals surface area (Å²) in [4.78, 5) is 22.8. The van der Waals surface area contributed by atoms with E-state index in [4.69, 9.17) is 5.11 Å². The Bertz CT molecular complexity index is 578. The molecule has 0 heterocycles. The van der Waals surface area contributed by atoms with Crippen molar-refractivity contribution in [1.29, 1.82) is 0 Å². The zero-order valence-electron chi connectivity index (χ0n) is 12.4. The average molecular weight is 329 g/mol. The highest BCUT2D eigenvalue weighted by atomic mass is 19.4. The Morgan fingerprint density at radius 2 is 1.83 bits per heavy atom. The van der Waals surface area contributed by atoms with Crippen molar-refractivity contribution in [1.82, 2.24) is 0 Å². The highest BCUT2D eigenvalue weighted by Crippen LogP contribution is 2.40. The van der Waals surface area contributed by atoms with Gasteiger partial charge in [0.2, 0.25) is 5.91 Å². The summed E-state index contributed by atoms with van der Waals surface area (Å²) in [6.07, 6.45) is -3.10. The standard InChI is InChI=1S/C16H18F3NO3/c17-16(18,19)12-6-4-10(5-7-12)8-14(21)20-13-3-1-2-11(9-13)15(22)23/h1-3,9-10,12H,4-8H2,(H,20,21)(H,22,23). The van der Waals surface area contributed by atoms with Crippen LogP contribution in [0.3, 0.4) is 0 Å². The van der Waals surface area contributed by atoms with Gasteiger partial charge in [-0.25, -0.2) is 4.79 Å². The van der Waals surface area contributed by atoms with Crippen LogP contribution in [0.15, 0.2) is 24.3 Å². The second-order valence-electron chi connectivity index (χ2n) is 5.90. The summed E-state index contributed by atoms with van der Waals surface area (Å²) in [5.41, 5.74) is 0.437. The molecule has 126 valence electrons. The van der Waals surface area contributed by atoms with Crippen LogP contribution in [-0.2, 0) is 4.79 Å². The molecule has 1 aliphatic carbocycles. The summed E-state index contributed by atoms with van der Waals surface area (Å²) in [7, 11) is 0. The highest BCUT2D eigenvalue weighted by molar-refractivity contribution is 5.93. The SMILES string of the molecule is O=C(CC1CCC(C(F)(F)F)CC1)Nc1cccc(C(=O)O)c1. The summed E-state index contributed by atoms with van der Waals surface area (Å²) in [5, 5.41) is 11.5. The molecule has 1 aromatic carbocycles. The summed E-state index contributed by atoms with van der Waals surface area (Å²) < 4.78 is 37.8. The van der Waals surface area contributed by atoms with E-state index in [0.717, 1.165) is 0 Å². The van der Waals surface area contributed by atoms with Crippen molar-refractivity contribution in [3.63, 3.8) is 0 Å². The van der Waals surface area contributed by atoms with Crippen LogP contribution < -0.4 is 5.32 Å². The Hall–Kier alpha value is -2.05. The van der Waals surface area contributed by atoms with Crippen LogP contribution in [-0.4, -0.2) is 23.2 Å². The van der Waals surface area contributed by atoms with E-state index in [1.807, 2.05) is 0 Å². The van der Waals surface area contributed by atoms with E-state index in [-0.39, 0.29) is 36.7 Å². The van der Waals surface area contributed by atoms with Gasteiger partial charge in [0.05, 0.1) is 11.5 Å². The van der Waals surface area contributed by atoms with Gasteiger partial charge in [-0.2, -0.15) is 13.2 Å². The molecule has 23 heavy (non-hydrogen) atoms. The maximum atomic E-state index is 12.6. The number of carbonyl (C=O) groups excluding carboxylic acids is 1. The number of carbonyl (C=O) groups is 2. The third-order valence-electron chi connectivity index (χ3n) is 4.18. The van der Waals surface area contributed by atoms with Gasteiger partial charge in [-0.05, 0) is 49.8 Å². The summed E-state index contributed by atoms with van der Waals surface area (Å²) in [5.74, 6) is -2.71. The first kappa shape index (κ1) is 17.3. The number of nitrogens with one attached hydrogen (secondary N) is 1. The molecular formula is C16H18F3NO3. The Kier molecular flexibility index (Phi) is 5.28. The molecule has 0 radical (unpaired) electrons. The van der Waals surface area contributed by atoms with E-state index >= 15 is 0 Å². The Morgan fingerprint density at radius 3 is 2.39 bits per heavy atom. The number of carboxylic acid groups (broad SMARTS) is 1. The first-order chi connectivity index (χ1) is 10.8. The number of amides is 1. The topological polar surface area (TPSA) is 66.4 Å². The fraction of sp³-hybridized carbons (Fsp3) is 0.500. The number of hydrogen-bond acceptors (Lipinski definition) is 2. The minimum Gasteiger partial charge on any atom is -0.478 e. The summed E-state index contributed by atoms with van der Waals surface area (Å²) >= 11 is 0. The maximum Gasteiger partial charge on any atom is 0.391 e. The number of carboxylic acids is 1. The molecule has 1 saturated carbocycles. The average Bonchev–Trinajstić information content (AvgIpc) is 2.47. The molecular weight excluding hydrogens is 311 g/mol. The van der Waals surface area contributed by atoms with Gasteiger partial charge in [-0.1, -0.05) is 6.07 Å². The number of anilines is 1. The third kappa shape index (κ3) is 4.97. The second kappa shape index (κ2) is 7.02. The van der Waals surface area contributed by atoms with E-state index in [2.05, 4.69) is 5.32 Å². The smallest absolute Gasteiger partial charge is 0.391 e. The fourth-order valence-electron chi connectivity index (χ4n) is 2.90. The van der Waals surface area contributed by atoms with Crippen molar-refractivity contribution in [2.45, 2.75) is 38.3 Å². The predicted octanol–water partition coefficient (Wildman–Crippen LogP) is 4.08. The van der Waals surface area contributed by atoms with Crippen LogP contribution in [0.2, 0.25) is 0 Å². The van der Waals surface area contributed by atoms with Gasteiger partial charge < -0.3 is 10.4 Å². The van der Waals surface area contributed by atoms with Crippen LogP contribution >= 0.6 is 0 Å². The molecule has 0 unspecified atom stereocenters. The van der Waals surface area contributed by atoms with Gasteiger partial charge >= 0.3 is 12.1 Å². The lowest BCUT2D eigenvalue weighted by Gasteiger charge is -2.29. The van der Waals surface area contributed by atoms with Crippen molar-refractivity contribution >= 4 is 17.6 Å². The van der Waals surface area contributed by atoms with E-state index in [9.17, 15) is 22.8 Å². The Balaban J connectivity index is 1.84. The molecule has 2 N–H and O–H groups in total. The second-order valence-corrected chi connectivity index (χ2v) is 5.90. The number of halogens is 3. The van der Waals surface area contributed by atoms with E-state index in [0.29, 0.717) is 18.5 Å². The van der Waals surface area contributed by atoms with Gasteiger partial charge in [0.25, 0.3) is 0 Å². The van der Waals surface area contributed by atoms with E-state index in [1.165, 1.54) is 18.2 Å². The van der Waals surface area contributed by atoms with Crippen LogP contribution in [0.4, 0.5) is 18.9 Å². The van der Waals surface area contributed by atoms with Crippen molar-refractivity contribution in [2.24, 2.45) is 11.8 Å². The molecule has 0 aliphatic heterocycles. The van der Waals surface area contributed by atoms with Crippen LogP contribution in [0.1, 0.15) is 42.5 Å². The molecule has 0 aromatic heterocycles. The van der Waals surface area contributed by atoms with E-state index in [1.54, 1.807) is 6.07 Å². The quantitative estimate of drug-likeness (QED) is 0.874. The number of benzene rings is 1. The van der Waals surface area contributed by atoms with Crippen LogP contribution in [0.5, 0.6) is 0 Å². The van der Waals surface area contributed by atoms with Gasteiger partial charge in [-0.15, -0.1) is 0 Å². The maximum absolute atomic E-state index is 12.6. The normalized spacial score (nSPS) is 21.7. The Labute approximate surface area is 131 Å². The molecule has 1 aliphatic rings. The number of aromatic carboxylic acids is 1. The molecule has 4 nitrogen and oxygen atoms in total. The molecule has 0 spiro atoms. The lowest BCUT2D eigenvalue weighted by molar-refractivity contribution is -0.183. The van der Waals surface area contributed by atoms with Gasteiger partial charge in [0.1, 0.15) is 0 Å². The van der Waals surface area contributed by atoms with Gasteiger partial charge in [0.15, 0.2) is 0 Å². The molecule has 0 bridgehead atoms. The van der Waals surface area contributed by atoms with Crippen LogP contribution in [0, 0.1) is 11.8 Å². The lowest BCUT2D eigenvalue weighted by atomic mass is 9.80. The highest BCUT2D eigenvalue weighted by Gasteiger charge is 2.41. The molecule has 1 aromatic rings. The van der Waals surface area contributed by atoms with Gasteiger partial charge in [0, 0.05) is 12.1 Å². The van der Waals surface area contributed by atoms with Crippen molar-refractivity contribution in [3.05, 3.63) is 29.8 Å². The minimum absolute atomic E-state index is 0.0590.